The molecule has 8 heteroatoms. The molecule has 4 aliphatic rings. The Morgan fingerprint density at radius 3 is 2.73 bits per heavy atom. The van der Waals surface area contributed by atoms with E-state index in [4.69, 9.17) is 14.8 Å². The van der Waals surface area contributed by atoms with Crippen molar-refractivity contribution in [2.45, 2.75) is 62.9 Å². The average molecular weight is 427 g/mol. The zero-order chi connectivity index (χ0) is 20.1. The van der Waals surface area contributed by atoms with Crippen molar-refractivity contribution >= 4 is 17.9 Å². The van der Waals surface area contributed by atoms with Gasteiger partial charge in [-0.3, -0.25) is 8.99 Å². The molecule has 0 bridgehead atoms. The number of aryl methyl sites for hydroxylation is 2. The monoisotopic (exact) mass is 426 g/mol. The first-order chi connectivity index (χ1) is 14.8. The van der Waals surface area contributed by atoms with E-state index in [2.05, 4.69) is 31.7 Å². The molecule has 2 saturated heterocycles. The minimum atomic E-state index is 0.385. The van der Waals surface area contributed by atoms with Gasteiger partial charge in [-0.2, -0.15) is 5.10 Å². The van der Waals surface area contributed by atoms with E-state index >= 15 is 0 Å². The molecule has 3 fully saturated rings. The van der Waals surface area contributed by atoms with Gasteiger partial charge in [0.1, 0.15) is 0 Å². The Kier molecular flexibility index (Phi) is 4.96. The Balaban J connectivity index is 1.32. The number of hydrogen-bond acceptors (Lipinski definition) is 7. The smallest absolute Gasteiger partial charge is 0.223 e. The lowest BCUT2D eigenvalue weighted by atomic mass is 9.92. The molecular formula is C22H30N6OS. The molecule has 0 spiro atoms. The third-order valence-corrected chi connectivity index (χ3v) is 7.89. The number of rotatable bonds is 5. The van der Waals surface area contributed by atoms with Crippen LogP contribution in [0.5, 0.6) is 0 Å². The molecule has 6 rings (SSSR count). The maximum atomic E-state index is 5.69. The van der Waals surface area contributed by atoms with E-state index in [1.54, 1.807) is 0 Å². The fourth-order valence-electron chi connectivity index (χ4n) is 5.16. The summed E-state index contributed by atoms with van der Waals surface area (Å²) in [5, 5.41) is 8.73. The van der Waals surface area contributed by atoms with Crippen LogP contribution in [0.3, 0.4) is 0 Å². The molecule has 160 valence electrons. The van der Waals surface area contributed by atoms with Crippen molar-refractivity contribution in [3.63, 3.8) is 0 Å². The van der Waals surface area contributed by atoms with Crippen molar-refractivity contribution in [2.75, 3.05) is 37.9 Å². The summed E-state index contributed by atoms with van der Waals surface area (Å²) in [6.45, 7) is 3.88. The van der Waals surface area contributed by atoms with Crippen LogP contribution in [-0.4, -0.2) is 62.7 Å². The fourth-order valence-corrected chi connectivity index (χ4v) is 5.74. The molecule has 4 heterocycles. The van der Waals surface area contributed by atoms with E-state index in [1.807, 2.05) is 11.9 Å². The molecule has 2 aromatic rings. The van der Waals surface area contributed by atoms with Gasteiger partial charge in [0.2, 0.25) is 5.95 Å². The van der Waals surface area contributed by atoms with E-state index in [-0.39, 0.29) is 0 Å². The van der Waals surface area contributed by atoms with Crippen molar-refractivity contribution in [3.8, 4) is 11.3 Å². The number of anilines is 1. The van der Waals surface area contributed by atoms with Gasteiger partial charge in [-0.15, -0.1) is 0 Å². The lowest BCUT2D eigenvalue weighted by molar-refractivity contribution is 0.184. The second kappa shape index (κ2) is 7.80. The van der Waals surface area contributed by atoms with E-state index in [0.29, 0.717) is 18.0 Å². The minimum absolute atomic E-state index is 0.385. The zero-order valence-electron chi connectivity index (χ0n) is 17.6. The molecule has 1 unspecified atom stereocenters. The lowest BCUT2D eigenvalue weighted by Gasteiger charge is -2.30. The highest BCUT2D eigenvalue weighted by molar-refractivity contribution is 7.96. The Hall–Kier alpha value is -1.64. The second-order valence-corrected chi connectivity index (χ2v) is 9.92. The SMILES string of the molecule is CSN1CCC(Nc2ncc3c(n2)-c2c(nn(C4CCOC4)c2C2CC2)CC3)CC1. The Morgan fingerprint density at radius 1 is 1.13 bits per heavy atom. The minimum Gasteiger partial charge on any atom is -0.379 e. The third kappa shape index (κ3) is 3.42. The van der Waals surface area contributed by atoms with Crippen molar-refractivity contribution < 1.29 is 4.74 Å². The summed E-state index contributed by atoms with van der Waals surface area (Å²) in [7, 11) is 0. The molecule has 2 aromatic heterocycles. The van der Waals surface area contributed by atoms with Crippen LogP contribution in [0.4, 0.5) is 5.95 Å². The van der Waals surface area contributed by atoms with Gasteiger partial charge >= 0.3 is 0 Å². The van der Waals surface area contributed by atoms with Gasteiger partial charge < -0.3 is 10.1 Å². The largest absolute Gasteiger partial charge is 0.379 e. The number of ether oxygens (including phenoxy) is 1. The molecule has 1 saturated carbocycles. The summed E-state index contributed by atoms with van der Waals surface area (Å²) in [5.74, 6) is 1.41. The maximum absolute atomic E-state index is 5.69. The summed E-state index contributed by atoms with van der Waals surface area (Å²) in [6, 6.07) is 0.839. The molecule has 2 aliphatic carbocycles. The Morgan fingerprint density at radius 2 is 2.00 bits per heavy atom. The Bertz CT molecular complexity index is 928. The summed E-state index contributed by atoms with van der Waals surface area (Å²) in [6.07, 6.45) is 12.1. The van der Waals surface area contributed by atoms with E-state index in [1.165, 1.54) is 35.4 Å². The summed E-state index contributed by atoms with van der Waals surface area (Å²) in [4.78, 5) is 9.76. The first-order valence-electron chi connectivity index (χ1n) is 11.4. The van der Waals surface area contributed by atoms with Crippen LogP contribution in [0.25, 0.3) is 11.3 Å². The van der Waals surface area contributed by atoms with E-state index in [0.717, 1.165) is 70.0 Å². The van der Waals surface area contributed by atoms with E-state index in [9.17, 15) is 0 Å². The molecule has 0 amide bonds. The number of nitrogens with one attached hydrogen (secondary N) is 1. The summed E-state index contributed by atoms with van der Waals surface area (Å²) in [5.41, 5.74) is 6.36. The highest BCUT2D eigenvalue weighted by atomic mass is 32.2. The summed E-state index contributed by atoms with van der Waals surface area (Å²) < 4.78 is 10.4. The van der Waals surface area contributed by atoms with Crippen LogP contribution >= 0.6 is 11.9 Å². The van der Waals surface area contributed by atoms with Crippen LogP contribution in [0.1, 0.15) is 61.0 Å². The van der Waals surface area contributed by atoms with Gasteiger partial charge in [-0.05, 0) is 56.8 Å². The molecule has 1 atom stereocenters. The molecular weight excluding hydrogens is 396 g/mol. The van der Waals surface area contributed by atoms with Crippen molar-refractivity contribution in [1.82, 2.24) is 24.1 Å². The predicted molar refractivity (Wildman–Crippen MR) is 119 cm³/mol. The number of aromatic nitrogens is 4. The average Bonchev–Trinajstić information content (AvgIpc) is 3.32. The van der Waals surface area contributed by atoms with Crippen LogP contribution in [-0.2, 0) is 17.6 Å². The lowest BCUT2D eigenvalue weighted by Crippen LogP contribution is -2.35. The topological polar surface area (TPSA) is 68.1 Å². The van der Waals surface area contributed by atoms with E-state index < -0.39 is 0 Å². The second-order valence-electron chi connectivity index (χ2n) is 9.04. The van der Waals surface area contributed by atoms with Crippen LogP contribution in [0.15, 0.2) is 6.20 Å². The number of hydrogen-bond donors (Lipinski definition) is 1. The standard InChI is InChI=1S/C22H30N6OS/c1-30-27-9-6-16(7-10-27)24-22-23-12-15-4-5-18-19(20(15)25-22)21(14-2-3-14)28(26-18)17-8-11-29-13-17/h12,14,16-17H,2-11,13H2,1H3,(H,23,24,25). The predicted octanol–water partition coefficient (Wildman–Crippen LogP) is 3.43. The fraction of sp³-hybridized carbons (Fsp3) is 0.682. The number of nitrogens with zero attached hydrogens (tertiary/aromatic N) is 5. The molecule has 2 aliphatic heterocycles. The van der Waals surface area contributed by atoms with Crippen molar-refractivity contribution in [3.05, 3.63) is 23.1 Å². The van der Waals surface area contributed by atoms with Gasteiger partial charge in [0.05, 0.1) is 29.7 Å². The highest BCUT2D eigenvalue weighted by Crippen LogP contribution is 2.48. The number of fused-ring (bicyclic) bond motifs is 3. The van der Waals surface area contributed by atoms with Crippen molar-refractivity contribution in [2.24, 2.45) is 0 Å². The molecule has 30 heavy (non-hydrogen) atoms. The van der Waals surface area contributed by atoms with Gasteiger partial charge in [-0.1, -0.05) is 11.9 Å². The zero-order valence-corrected chi connectivity index (χ0v) is 18.5. The molecule has 0 aromatic carbocycles. The van der Waals surface area contributed by atoms with Crippen molar-refractivity contribution in [1.29, 1.82) is 0 Å². The maximum Gasteiger partial charge on any atom is 0.223 e. The van der Waals surface area contributed by atoms with Crippen LogP contribution < -0.4 is 5.32 Å². The number of piperidine rings is 1. The van der Waals surface area contributed by atoms with Crippen LogP contribution in [0.2, 0.25) is 0 Å². The first kappa shape index (κ1) is 19.1. The summed E-state index contributed by atoms with van der Waals surface area (Å²) >= 11 is 1.84. The van der Waals surface area contributed by atoms with Crippen LogP contribution in [0, 0.1) is 0 Å². The van der Waals surface area contributed by atoms with Gasteiger partial charge in [-0.25, -0.2) is 9.97 Å². The highest BCUT2D eigenvalue weighted by Gasteiger charge is 2.38. The van der Waals surface area contributed by atoms with Gasteiger partial charge in [0.15, 0.2) is 0 Å². The molecule has 1 N–H and O–H groups in total. The first-order valence-corrected chi connectivity index (χ1v) is 12.6. The Labute approximate surface area is 182 Å². The van der Waals surface area contributed by atoms with Gasteiger partial charge in [0, 0.05) is 43.4 Å². The molecule has 0 radical (unpaired) electrons. The third-order valence-electron chi connectivity index (χ3n) is 7.01. The van der Waals surface area contributed by atoms with Gasteiger partial charge in [0.25, 0.3) is 0 Å². The quantitative estimate of drug-likeness (QED) is 0.735. The normalized spacial score (nSPS) is 24.6. The molecule has 7 nitrogen and oxygen atoms in total.